The smallest absolute Gasteiger partial charge is 0.0239 e. The summed E-state index contributed by atoms with van der Waals surface area (Å²) in [5.74, 6) is 0.732. The maximum Gasteiger partial charge on any atom is 0.0239 e. The zero-order valence-electron chi connectivity index (χ0n) is 14.1. The molecule has 21 heavy (non-hydrogen) atoms. The van der Waals surface area contributed by atoms with E-state index in [1.807, 2.05) is 0 Å². The zero-order valence-corrected chi connectivity index (χ0v) is 14.1. The van der Waals surface area contributed by atoms with Crippen LogP contribution in [0.4, 0.5) is 0 Å². The maximum atomic E-state index is 3.56. The quantitative estimate of drug-likeness (QED) is 0.658. The first-order valence-electron chi connectivity index (χ1n) is 8.72. The van der Waals surface area contributed by atoms with Crippen molar-refractivity contribution in [2.45, 2.75) is 59.0 Å². The predicted molar refractivity (Wildman–Crippen MR) is 91.6 cm³/mol. The van der Waals surface area contributed by atoms with E-state index in [4.69, 9.17) is 0 Å². The van der Waals surface area contributed by atoms with Crippen molar-refractivity contribution in [3.8, 4) is 0 Å². The highest BCUT2D eigenvalue weighted by molar-refractivity contribution is 5.27. The Labute approximate surface area is 130 Å². The molecule has 2 heteroatoms. The Morgan fingerprint density at radius 2 is 1.90 bits per heavy atom. The zero-order chi connectivity index (χ0) is 15.1. The molecule has 0 aliphatic heterocycles. The second kappa shape index (κ2) is 8.55. The fraction of sp³-hybridized carbons (Fsp3) is 0.684. The van der Waals surface area contributed by atoms with Crippen LogP contribution >= 0.6 is 0 Å². The van der Waals surface area contributed by atoms with Gasteiger partial charge in [0.1, 0.15) is 0 Å². The third-order valence-electron chi connectivity index (χ3n) is 4.19. The van der Waals surface area contributed by atoms with Gasteiger partial charge in [0.25, 0.3) is 0 Å². The van der Waals surface area contributed by atoms with Gasteiger partial charge in [0.05, 0.1) is 0 Å². The van der Waals surface area contributed by atoms with Crippen LogP contribution < -0.4 is 5.32 Å². The average Bonchev–Trinajstić information content (AvgIpc) is 3.29. The predicted octanol–water partition coefficient (Wildman–Crippen LogP) is 3.85. The molecule has 0 saturated heterocycles. The molecule has 2 rings (SSSR count). The maximum absolute atomic E-state index is 3.56. The Morgan fingerprint density at radius 3 is 2.52 bits per heavy atom. The number of nitrogens with one attached hydrogen (secondary N) is 1. The van der Waals surface area contributed by atoms with Crippen LogP contribution in [0.15, 0.2) is 24.3 Å². The molecule has 1 aliphatic carbocycles. The molecule has 1 aromatic carbocycles. The van der Waals surface area contributed by atoms with Crippen molar-refractivity contribution in [1.29, 1.82) is 0 Å². The van der Waals surface area contributed by atoms with E-state index in [1.165, 1.54) is 36.9 Å². The number of rotatable bonds is 10. The van der Waals surface area contributed by atoms with Crippen LogP contribution in [0.3, 0.4) is 0 Å². The van der Waals surface area contributed by atoms with Crippen LogP contribution in [0.2, 0.25) is 0 Å². The summed E-state index contributed by atoms with van der Waals surface area (Å²) in [5, 5.41) is 3.56. The lowest BCUT2D eigenvalue weighted by Crippen LogP contribution is -2.27. The fourth-order valence-corrected chi connectivity index (χ4v) is 2.91. The van der Waals surface area contributed by atoms with Crippen LogP contribution in [0, 0.1) is 5.92 Å². The van der Waals surface area contributed by atoms with E-state index in [1.54, 1.807) is 0 Å². The summed E-state index contributed by atoms with van der Waals surface area (Å²) < 4.78 is 0. The molecule has 0 radical (unpaired) electrons. The summed E-state index contributed by atoms with van der Waals surface area (Å²) in [5.41, 5.74) is 3.06. The summed E-state index contributed by atoms with van der Waals surface area (Å²) in [6.07, 6.45) is 5.21. The van der Waals surface area contributed by atoms with E-state index in [0.717, 1.165) is 38.0 Å². The van der Waals surface area contributed by atoms with Crippen molar-refractivity contribution in [2.24, 2.45) is 5.92 Å². The van der Waals surface area contributed by atoms with Crippen LogP contribution in [0.1, 0.15) is 51.2 Å². The van der Waals surface area contributed by atoms with Gasteiger partial charge >= 0.3 is 0 Å². The van der Waals surface area contributed by atoms with Gasteiger partial charge < -0.3 is 5.32 Å². The van der Waals surface area contributed by atoms with E-state index >= 15 is 0 Å². The van der Waals surface area contributed by atoms with E-state index < -0.39 is 0 Å². The lowest BCUT2D eigenvalue weighted by Gasteiger charge is -2.23. The number of hydrogen-bond acceptors (Lipinski definition) is 2. The van der Waals surface area contributed by atoms with Crippen LogP contribution in [-0.4, -0.2) is 30.6 Å². The van der Waals surface area contributed by atoms with Gasteiger partial charge in [-0.2, -0.15) is 0 Å². The summed E-state index contributed by atoms with van der Waals surface area (Å²) in [4.78, 5) is 2.68. The van der Waals surface area contributed by atoms with E-state index in [9.17, 15) is 0 Å². The van der Waals surface area contributed by atoms with Crippen molar-refractivity contribution in [1.82, 2.24) is 10.2 Å². The highest BCUT2D eigenvalue weighted by Crippen LogP contribution is 2.29. The van der Waals surface area contributed by atoms with Crippen molar-refractivity contribution in [3.05, 3.63) is 35.4 Å². The molecule has 0 unspecified atom stereocenters. The lowest BCUT2D eigenvalue weighted by molar-refractivity contribution is 0.254. The minimum absolute atomic E-state index is 0.732. The second-order valence-electron chi connectivity index (χ2n) is 6.82. The first kappa shape index (κ1) is 16.5. The minimum Gasteiger partial charge on any atom is -0.316 e. The van der Waals surface area contributed by atoms with E-state index in [0.29, 0.717) is 0 Å². The van der Waals surface area contributed by atoms with Gasteiger partial charge in [0.2, 0.25) is 0 Å². The monoisotopic (exact) mass is 288 g/mol. The molecule has 0 aromatic heterocycles. The summed E-state index contributed by atoms with van der Waals surface area (Å²) in [7, 11) is 0. The Balaban J connectivity index is 1.89. The Bertz CT molecular complexity index is 410. The highest BCUT2D eigenvalue weighted by atomic mass is 15.2. The van der Waals surface area contributed by atoms with Gasteiger partial charge in [0.15, 0.2) is 0 Å². The number of hydrogen-bond donors (Lipinski definition) is 1. The SMILES string of the molecule is CCCN(Cc1ccccc1CCNCC(C)C)C1CC1. The van der Waals surface area contributed by atoms with E-state index in [-0.39, 0.29) is 0 Å². The van der Waals surface area contributed by atoms with Crippen molar-refractivity contribution in [3.63, 3.8) is 0 Å². The van der Waals surface area contributed by atoms with Gasteiger partial charge in [-0.1, -0.05) is 45.0 Å². The molecule has 1 aromatic rings. The van der Waals surface area contributed by atoms with Gasteiger partial charge in [0, 0.05) is 12.6 Å². The first-order chi connectivity index (χ1) is 10.2. The van der Waals surface area contributed by atoms with Gasteiger partial charge in [-0.3, -0.25) is 4.90 Å². The highest BCUT2D eigenvalue weighted by Gasteiger charge is 2.28. The molecule has 0 heterocycles. The Kier molecular flexibility index (Phi) is 6.72. The first-order valence-corrected chi connectivity index (χ1v) is 8.72. The average molecular weight is 288 g/mol. The van der Waals surface area contributed by atoms with E-state index in [2.05, 4.69) is 55.3 Å². The van der Waals surface area contributed by atoms with Crippen LogP contribution in [-0.2, 0) is 13.0 Å². The van der Waals surface area contributed by atoms with Gasteiger partial charge in [-0.25, -0.2) is 0 Å². The number of benzene rings is 1. The Hall–Kier alpha value is -0.860. The molecule has 1 saturated carbocycles. The summed E-state index contributed by atoms with van der Waals surface area (Å²) in [6, 6.07) is 9.86. The molecule has 0 amide bonds. The third kappa shape index (κ3) is 5.80. The molecular weight excluding hydrogens is 256 g/mol. The van der Waals surface area contributed by atoms with Gasteiger partial charge in [-0.15, -0.1) is 0 Å². The topological polar surface area (TPSA) is 15.3 Å². The molecule has 1 fully saturated rings. The van der Waals surface area contributed by atoms with Crippen molar-refractivity contribution in [2.75, 3.05) is 19.6 Å². The molecule has 1 N–H and O–H groups in total. The van der Waals surface area contributed by atoms with Crippen molar-refractivity contribution < 1.29 is 0 Å². The normalized spacial score (nSPS) is 15.1. The van der Waals surface area contributed by atoms with Crippen LogP contribution in [0.25, 0.3) is 0 Å². The third-order valence-corrected chi connectivity index (χ3v) is 4.19. The molecule has 2 nitrogen and oxygen atoms in total. The van der Waals surface area contributed by atoms with Crippen molar-refractivity contribution >= 4 is 0 Å². The number of nitrogens with zero attached hydrogens (tertiary/aromatic N) is 1. The molecular formula is C19H32N2. The fourth-order valence-electron chi connectivity index (χ4n) is 2.91. The van der Waals surface area contributed by atoms with Crippen LogP contribution in [0.5, 0.6) is 0 Å². The Morgan fingerprint density at radius 1 is 1.19 bits per heavy atom. The second-order valence-corrected chi connectivity index (χ2v) is 6.82. The molecule has 0 bridgehead atoms. The standard InChI is InChI=1S/C19H32N2/c1-4-13-21(19-9-10-19)15-18-8-6-5-7-17(18)11-12-20-14-16(2)3/h5-8,16,19-20H,4,9-15H2,1-3H3. The molecule has 118 valence electrons. The minimum atomic E-state index is 0.732. The lowest BCUT2D eigenvalue weighted by atomic mass is 10.0. The largest absolute Gasteiger partial charge is 0.316 e. The molecule has 0 spiro atoms. The summed E-state index contributed by atoms with van der Waals surface area (Å²) >= 11 is 0. The summed E-state index contributed by atoms with van der Waals surface area (Å²) in [6.45, 7) is 11.4. The molecule has 0 atom stereocenters. The van der Waals surface area contributed by atoms with Gasteiger partial charge in [-0.05, 0) is 62.4 Å². The molecule has 1 aliphatic rings.